The van der Waals surface area contributed by atoms with Crippen LogP contribution in [0.1, 0.15) is 10.4 Å². The molecule has 7 heteroatoms. The highest BCUT2D eigenvalue weighted by atomic mass is 19.3. The third-order valence-corrected chi connectivity index (χ3v) is 1.66. The van der Waals surface area contributed by atoms with Crippen LogP contribution in [-0.2, 0) is 4.74 Å². The highest BCUT2D eigenvalue weighted by Crippen LogP contribution is 2.26. The number of alkyl halides is 2. The average molecular weight is 238 g/mol. The van der Waals surface area contributed by atoms with Gasteiger partial charge >= 0.3 is 12.6 Å². The maximum Gasteiger partial charge on any atom is 0.387 e. The normalized spacial score (nSPS) is 10.4. The molecule has 0 radical (unpaired) electrons. The molecular weight excluding hydrogens is 232 g/mol. The van der Waals surface area contributed by atoms with Gasteiger partial charge in [0.25, 0.3) is 0 Å². The number of esters is 1. The first-order valence-electron chi connectivity index (χ1n) is 3.98. The van der Waals surface area contributed by atoms with Gasteiger partial charge in [-0.15, -0.1) is 0 Å². The molecule has 0 aliphatic carbocycles. The lowest BCUT2D eigenvalue weighted by molar-refractivity contribution is -0.0547. The summed E-state index contributed by atoms with van der Waals surface area (Å²) in [6.07, 6.45) is 0. The Kier molecular flexibility index (Phi) is 3.70. The molecule has 88 valence electrons. The van der Waals surface area contributed by atoms with Crippen molar-refractivity contribution in [1.29, 1.82) is 0 Å². The number of carbonyl (C=O) groups excluding carboxylic acids is 1. The minimum absolute atomic E-state index is 0.632. The van der Waals surface area contributed by atoms with E-state index in [9.17, 15) is 22.4 Å². The molecule has 0 aliphatic heterocycles. The van der Waals surface area contributed by atoms with E-state index >= 15 is 0 Å². The van der Waals surface area contributed by atoms with Gasteiger partial charge in [-0.25, -0.2) is 13.6 Å². The minimum Gasteiger partial charge on any atom is -0.465 e. The van der Waals surface area contributed by atoms with Gasteiger partial charge < -0.3 is 9.47 Å². The summed E-state index contributed by atoms with van der Waals surface area (Å²) >= 11 is 0. The summed E-state index contributed by atoms with van der Waals surface area (Å²) < 4.78 is 57.7. The fraction of sp³-hybridized carbons (Fsp3) is 0.222. The van der Waals surface area contributed by atoms with Crippen molar-refractivity contribution in [2.24, 2.45) is 0 Å². The number of hydrogen-bond donors (Lipinski definition) is 0. The quantitative estimate of drug-likeness (QED) is 0.599. The molecule has 3 nitrogen and oxygen atoms in total. The molecule has 0 fully saturated rings. The first-order valence-corrected chi connectivity index (χ1v) is 3.98. The first kappa shape index (κ1) is 12.3. The van der Waals surface area contributed by atoms with E-state index in [0.29, 0.717) is 6.07 Å². The molecule has 0 saturated heterocycles. The maximum absolute atomic E-state index is 13.3. The third-order valence-electron chi connectivity index (χ3n) is 1.66. The molecule has 1 rings (SSSR count). The molecule has 0 spiro atoms. The Balaban J connectivity index is 3.21. The predicted molar refractivity (Wildman–Crippen MR) is 44.3 cm³/mol. The van der Waals surface area contributed by atoms with Gasteiger partial charge in [-0.1, -0.05) is 0 Å². The monoisotopic (exact) mass is 238 g/mol. The van der Waals surface area contributed by atoms with Crippen molar-refractivity contribution < 1.29 is 31.8 Å². The molecule has 1 aromatic rings. The number of rotatable bonds is 3. The lowest BCUT2D eigenvalue weighted by Gasteiger charge is -2.09. The smallest absolute Gasteiger partial charge is 0.387 e. The van der Waals surface area contributed by atoms with Gasteiger partial charge in [0, 0.05) is 0 Å². The van der Waals surface area contributed by atoms with E-state index in [1.165, 1.54) is 0 Å². The Morgan fingerprint density at radius 1 is 1.31 bits per heavy atom. The first-order chi connectivity index (χ1) is 7.47. The van der Waals surface area contributed by atoms with Crippen molar-refractivity contribution in [1.82, 2.24) is 0 Å². The van der Waals surface area contributed by atoms with Crippen LogP contribution in [0.4, 0.5) is 17.6 Å². The summed E-state index contributed by atoms with van der Waals surface area (Å²) in [5.41, 5.74) is -0.681. The van der Waals surface area contributed by atoms with Gasteiger partial charge in [-0.05, 0) is 12.1 Å². The van der Waals surface area contributed by atoms with Crippen LogP contribution < -0.4 is 4.74 Å². The average Bonchev–Trinajstić information content (AvgIpc) is 2.23. The molecule has 0 saturated carbocycles. The van der Waals surface area contributed by atoms with Gasteiger partial charge in [0.1, 0.15) is 0 Å². The molecule has 0 heterocycles. The Hall–Kier alpha value is -1.79. The van der Waals surface area contributed by atoms with Crippen LogP contribution in [0.25, 0.3) is 0 Å². The molecular formula is C9H6F4O3. The summed E-state index contributed by atoms with van der Waals surface area (Å²) in [6, 6.07) is 1.40. The van der Waals surface area contributed by atoms with Gasteiger partial charge in [0.05, 0.1) is 12.7 Å². The van der Waals surface area contributed by atoms with E-state index < -0.39 is 35.5 Å². The molecule has 0 amide bonds. The van der Waals surface area contributed by atoms with Crippen LogP contribution in [0.3, 0.4) is 0 Å². The van der Waals surface area contributed by atoms with Gasteiger partial charge in [-0.2, -0.15) is 8.78 Å². The van der Waals surface area contributed by atoms with Crippen LogP contribution in [0, 0.1) is 11.6 Å². The summed E-state index contributed by atoms with van der Waals surface area (Å²) in [5.74, 6) is -5.27. The van der Waals surface area contributed by atoms with Crippen molar-refractivity contribution in [2.75, 3.05) is 7.11 Å². The molecule has 0 N–H and O–H groups in total. The minimum atomic E-state index is -3.39. The number of carbonyl (C=O) groups is 1. The van der Waals surface area contributed by atoms with Gasteiger partial charge in [-0.3, -0.25) is 0 Å². The number of methoxy groups -OCH3 is 1. The Morgan fingerprint density at radius 3 is 2.44 bits per heavy atom. The van der Waals surface area contributed by atoms with Crippen LogP contribution in [0.2, 0.25) is 0 Å². The number of benzene rings is 1. The summed E-state index contributed by atoms with van der Waals surface area (Å²) in [6.45, 7) is -3.39. The maximum atomic E-state index is 13.3. The van der Waals surface area contributed by atoms with Crippen LogP contribution in [0.15, 0.2) is 12.1 Å². The van der Waals surface area contributed by atoms with Gasteiger partial charge in [0.15, 0.2) is 17.4 Å². The fourth-order valence-corrected chi connectivity index (χ4v) is 0.997. The van der Waals surface area contributed by atoms with Crippen molar-refractivity contribution in [3.8, 4) is 5.75 Å². The van der Waals surface area contributed by atoms with E-state index in [1.807, 2.05) is 0 Å². The van der Waals surface area contributed by atoms with E-state index in [-0.39, 0.29) is 0 Å². The summed E-state index contributed by atoms with van der Waals surface area (Å²) in [7, 11) is 0.971. The predicted octanol–water partition coefficient (Wildman–Crippen LogP) is 2.35. The van der Waals surface area contributed by atoms with Crippen molar-refractivity contribution >= 4 is 5.97 Å². The van der Waals surface area contributed by atoms with Crippen molar-refractivity contribution in [3.05, 3.63) is 29.3 Å². The highest BCUT2D eigenvalue weighted by Gasteiger charge is 2.22. The van der Waals surface area contributed by atoms with Crippen molar-refractivity contribution in [3.63, 3.8) is 0 Å². The largest absolute Gasteiger partial charge is 0.465 e. The SMILES string of the molecule is COC(=O)c1ccc(F)c(OC(F)F)c1F. The molecule has 0 bridgehead atoms. The zero-order valence-corrected chi connectivity index (χ0v) is 7.97. The molecule has 0 aromatic heterocycles. The Bertz CT molecular complexity index is 406. The lowest BCUT2D eigenvalue weighted by Crippen LogP contribution is -2.10. The summed E-state index contributed by atoms with van der Waals surface area (Å²) in [4.78, 5) is 11.0. The molecule has 0 unspecified atom stereocenters. The second-order valence-corrected chi connectivity index (χ2v) is 2.61. The zero-order chi connectivity index (χ0) is 12.3. The third kappa shape index (κ3) is 2.41. The fourth-order valence-electron chi connectivity index (χ4n) is 0.997. The van der Waals surface area contributed by atoms with Gasteiger partial charge in [0.2, 0.25) is 0 Å². The zero-order valence-electron chi connectivity index (χ0n) is 7.97. The second kappa shape index (κ2) is 4.82. The van der Waals surface area contributed by atoms with Crippen molar-refractivity contribution in [2.45, 2.75) is 6.61 Å². The molecule has 1 aromatic carbocycles. The Morgan fingerprint density at radius 2 is 1.94 bits per heavy atom. The van der Waals surface area contributed by atoms with Crippen LogP contribution in [0.5, 0.6) is 5.75 Å². The summed E-state index contributed by atoms with van der Waals surface area (Å²) in [5, 5.41) is 0. The Labute approximate surface area is 87.6 Å². The topological polar surface area (TPSA) is 35.5 Å². The second-order valence-electron chi connectivity index (χ2n) is 2.61. The van der Waals surface area contributed by atoms with E-state index in [2.05, 4.69) is 9.47 Å². The van der Waals surface area contributed by atoms with E-state index in [1.54, 1.807) is 0 Å². The van der Waals surface area contributed by atoms with E-state index in [4.69, 9.17) is 0 Å². The lowest BCUT2D eigenvalue weighted by atomic mass is 10.2. The standard InChI is InChI=1S/C9H6F4O3/c1-15-8(14)4-2-3-5(10)7(6(4)11)16-9(12)13/h2-3,9H,1H3. The molecule has 0 aliphatic rings. The molecule has 0 atom stereocenters. The van der Waals surface area contributed by atoms with E-state index in [0.717, 1.165) is 13.2 Å². The number of ether oxygens (including phenoxy) is 2. The molecule has 16 heavy (non-hydrogen) atoms. The number of hydrogen-bond acceptors (Lipinski definition) is 3. The van der Waals surface area contributed by atoms with Crippen LogP contribution >= 0.6 is 0 Å². The number of halogens is 4. The highest BCUT2D eigenvalue weighted by molar-refractivity contribution is 5.90. The van der Waals surface area contributed by atoms with Crippen LogP contribution in [-0.4, -0.2) is 19.7 Å².